The normalized spacial score (nSPS) is 22.2. The number of amides is 2. The molecule has 2 N–H and O–H groups in total. The van der Waals surface area contributed by atoms with Gasteiger partial charge in [-0.05, 0) is 81.2 Å². The van der Waals surface area contributed by atoms with Gasteiger partial charge in [0.25, 0.3) is 0 Å². The lowest BCUT2D eigenvalue weighted by atomic mass is 9.74. The first-order valence-electron chi connectivity index (χ1n) is 13.0. The number of anilines is 1. The van der Waals surface area contributed by atoms with Gasteiger partial charge in [0.2, 0.25) is 5.91 Å². The van der Waals surface area contributed by atoms with Crippen LogP contribution >= 0.6 is 0 Å². The third-order valence-electron chi connectivity index (χ3n) is 7.10. The maximum Gasteiger partial charge on any atom is 0.411 e. The van der Waals surface area contributed by atoms with Crippen molar-refractivity contribution in [2.75, 3.05) is 11.0 Å². The van der Waals surface area contributed by atoms with Gasteiger partial charge in [0.1, 0.15) is 23.9 Å². The number of nitrogens with zero attached hydrogens (tertiary/aromatic N) is 2. The smallest absolute Gasteiger partial charge is 0.411 e. The Morgan fingerprint density at radius 3 is 2.18 bits per heavy atom. The fourth-order valence-electron chi connectivity index (χ4n) is 5.42. The number of hydrogen-bond donors (Lipinski definition) is 2. The molecule has 2 amide bonds. The molecule has 5 rings (SSSR count). The highest BCUT2D eigenvalue weighted by Gasteiger charge is 2.49. The van der Waals surface area contributed by atoms with Crippen molar-refractivity contribution in [1.29, 1.82) is 5.26 Å². The highest BCUT2D eigenvalue weighted by Crippen LogP contribution is 2.40. The third kappa shape index (κ3) is 6.80. The number of piperidine rings is 2. The number of nitriles is 1. The Morgan fingerprint density at radius 1 is 1.08 bits per heavy atom. The number of benzene rings is 2. The Balaban J connectivity index is 1.41. The van der Waals surface area contributed by atoms with E-state index in [1.165, 1.54) is 0 Å². The van der Waals surface area contributed by atoms with Gasteiger partial charge >= 0.3 is 6.09 Å². The third-order valence-corrected chi connectivity index (χ3v) is 7.62. The van der Waals surface area contributed by atoms with Crippen molar-refractivity contribution >= 4 is 29.0 Å². The Hall–Kier alpha value is -3.22. The molecule has 38 heavy (non-hydrogen) atoms. The van der Waals surface area contributed by atoms with E-state index in [2.05, 4.69) is 16.1 Å². The fraction of sp³-hybridized carbons (Fsp3) is 0.483. The molecule has 1 aliphatic carbocycles. The summed E-state index contributed by atoms with van der Waals surface area (Å²) in [6.07, 6.45) is 5.03. The lowest BCUT2D eigenvalue weighted by Gasteiger charge is -2.50. The van der Waals surface area contributed by atoms with E-state index in [1.54, 1.807) is 11.2 Å². The summed E-state index contributed by atoms with van der Waals surface area (Å²) in [5, 5.41) is 12.7. The van der Waals surface area contributed by atoms with E-state index in [1.807, 2.05) is 69.3 Å². The molecular weight excluding hydrogens is 500 g/mol. The predicted molar refractivity (Wildman–Crippen MR) is 148 cm³/mol. The van der Waals surface area contributed by atoms with Crippen LogP contribution in [0.5, 0.6) is 0 Å². The lowest BCUT2D eigenvalue weighted by molar-refractivity contribution is -0.135. The molecule has 8 nitrogen and oxygen atoms in total. The second-order valence-electron chi connectivity index (χ2n) is 11.1. The van der Waals surface area contributed by atoms with E-state index in [4.69, 9.17) is 4.74 Å². The number of nitrogens with one attached hydrogen (secondary N) is 2. The molecule has 2 aromatic carbocycles. The summed E-state index contributed by atoms with van der Waals surface area (Å²) in [6, 6.07) is 16.4. The summed E-state index contributed by atoms with van der Waals surface area (Å²) in [4.78, 5) is 28.1. The van der Waals surface area contributed by atoms with Crippen LogP contribution < -0.4 is 10.0 Å². The van der Waals surface area contributed by atoms with Crippen molar-refractivity contribution in [1.82, 2.24) is 10.2 Å². The Bertz CT molecular complexity index is 1160. The van der Waals surface area contributed by atoms with Crippen molar-refractivity contribution in [2.24, 2.45) is 5.92 Å². The van der Waals surface area contributed by atoms with Crippen LogP contribution in [-0.2, 0) is 27.3 Å². The molecule has 2 saturated heterocycles. The molecular formula is C29H36N4O4S. The van der Waals surface area contributed by atoms with E-state index in [-0.39, 0.29) is 17.9 Å². The molecule has 3 aliphatic rings. The fourth-order valence-corrected chi connectivity index (χ4v) is 5.89. The number of rotatable bonds is 7. The molecule has 2 bridgehead atoms. The first-order valence-corrected chi connectivity index (χ1v) is 14.6. The second-order valence-corrected chi connectivity index (χ2v) is 12.2. The zero-order chi connectivity index (χ0) is 27.4. The van der Waals surface area contributed by atoms with Crippen LogP contribution in [0.2, 0.25) is 0 Å². The topological polar surface area (TPSA) is 118 Å². The maximum absolute atomic E-state index is 13.4. The first-order chi connectivity index (χ1) is 18.0. The van der Waals surface area contributed by atoms with Crippen LogP contribution in [0, 0.1) is 17.2 Å². The number of carbonyl (C=O) groups excluding carboxylic acids is 2. The monoisotopic (exact) mass is 536 g/mol. The molecule has 3 fully saturated rings. The summed E-state index contributed by atoms with van der Waals surface area (Å²) in [5.74, 6) is -0.208. The van der Waals surface area contributed by atoms with Crippen LogP contribution in [0.4, 0.5) is 10.5 Å². The number of carbonyl (C=O) groups is 2. The molecule has 202 valence electrons. The highest BCUT2D eigenvalue weighted by atomic mass is 32.2. The summed E-state index contributed by atoms with van der Waals surface area (Å²) in [7, 11) is 0. The SMILES string of the molecule is C[S+]([O-])Nc1ccc(-c2ccc(C[C@@H](C#N)NC(=O)[C@@H]3C4CCC(CC4)N3C(=O)OC(C)(C)C)cc2)cc1. The second kappa shape index (κ2) is 11.7. The minimum absolute atomic E-state index is 0.00681. The van der Waals surface area contributed by atoms with Crippen molar-refractivity contribution in [3.8, 4) is 17.2 Å². The largest absolute Gasteiger partial charge is 0.593 e. The molecule has 2 aliphatic heterocycles. The average Bonchev–Trinajstić information content (AvgIpc) is 2.88. The van der Waals surface area contributed by atoms with E-state index in [0.29, 0.717) is 6.42 Å². The number of ether oxygens (including phenoxy) is 1. The van der Waals surface area contributed by atoms with Gasteiger partial charge in [-0.1, -0.05) is 36.4 Å². The minimum Gasteiger partial charge on any atom is -0.593 e. The molecule has 1 unspecified atom stereocenters. The van der Waals surface area contributed by atoms with Crippen molar-refractivity contribution in [3.63, 3.8) is 0 Å². The van der Waals surface area contributed by atoms with E-state index >= 15 is 0 Å². The van der Waals surface area contributed by atoms with Gasteiger partial charge in [0, 0.05) is 12.5 Å². The molecule has 9 heteroatoms. The molecule has 3 atom stereocenters. The molecule has 2 heterocycles. The number of hydrogen-bond acceptors (Lipinski definition) is 6. The zero-order valence-corrected chi connectivity index (χ0v) is 23.2. The van der Waals surface area contributed by atoms with Gasteiger partial charge in [-0.15, -0.1) is 0 Å². The number of fused-ring (bicyclic) bond motifs is 3. The molecule has 1 saturated carbocycles. The molecule has 0 radical (unpaired) electrons. The summed E-state index contributed by atoms with van der Waals surface area (Å²) in [5.41, 5.74) is 3.10. The van der Waals surface area contributed by atoms with Gasteiger partial charge in [-0.2, -0.15) is 5.26 Å². The Labute approximate surface area is 228 Å². The Kier molecular flexibility index (Phi) is 8.54. The van der Waals surface area contributed by atoms with Crippen molar-refractivity contribution in [3.05, 3.63) is 54.1 Å². The quantitative estimate of drug-likeness (QED) is 0.492. The van der Waals surface area contributed by atoms with Gasteiger partial charge in [-0.3, -0.25) is 9.69 Å². The van der Waals surface area contributed by atoms with Crippen LogP contribution in [0.25, 0.3) is 11.1 Å². The van der Waals surface area contributed by atoms with Crippen LogP contribution in [-0.4, -0.2) is 51.4 Å². The van der Waals surface area contributed by atoms with Gasteiger partial charge in [0.15, 0.2) is 0 Å². The van der Waals surface area contributed by atoms with Gasteiger partial charge in [-0.25, -0.2) is 9.52 Å². The van der Waals surface area contributed by atoms with E-state index < -0.39 is 35.1 Å². The zero-order valence-electron chi connectivity index (χ0n) is 22.4. The maximum atomic E-state index is 13.4. The van der Waals surface area contributed by atoms with Crippen LogP contribution in [0.1, 0.15) is 52.0 Å². The summed E-state index contributed by atoms with van der Waals surface area (Å²) >= 11 is -1.13. The first kappa shape index (κ1) is 27.8. The van der Waals surface area contributed by atoms with Crippen LogP contribution in [0.3, 0.4) is 0 Å². The van der Waals surface area contributed by atoms with Crippen LogP contribution in [0.15, 0.2) is 48.5 Å². The molecule has 0 spiro atoms. The summed E-state index contributed by atoms with van der Waals surface area (Å²) in [6.45, 7) is 5.46. The van der Waals surface area contributed by atoms with Crippen molar-refractivity contribution in [2.45, 2.75) is 76.6 Å². The van der Waals surface area contributed by atoms with Crippen molar-refractivity contribution < 1.29 is 18.9 Å². The summed E-state index contributed by atoms with van der Waals surface area (Å²) < 4.78 is 19.8. The van der Waals surface area contributed by atoms with Gasteiger partial charge in [0.05, 0.1) is 23.1 Å². The predicted octanol–water partition coefficient (Wildman–Crippen LogP) is 4.79. The minimum atomic E-state index is -1.13. The van der Waals surface area contributed by atoms with E-state index in [0.717, 1.165) is 48.1 Å². The Morgan fingerprint density at radius 2 is 1.66 bits per heavy atom. The lowest BCUT2D eigenvalue weighted by Crippen LogP contribution is -2.64. The average molecular weight is 537 g/mol. The van der Waals surface area contributed by atoms with Gasteiger partial charge < -0.3 is 14.6 Å². The molecule has 2 aromatic rings. The van der Waals surface area contributed by atoms with E-state index in [9.17, 15) is 19.4 Å². The molecule has 0 aromatic heterocycles. The highest BCUT2D eigenvalue weighted by molar-refractivity contribution is 7.92. The standard InChI is InChI=1S/C29H36N4O4S/c1-29(2,3)37-28(35)33-25-15-11-22(12-16-25)26(33)27(34)31-24(18-30)17-19-5-7-20(8-6-19)21-9-13-23(14-10-21)32-38(4)36/h5-10,13-14,22,24-26,32H,11-12,15-17H2,1-4H3,(H,31,34)/t22?,24-,25?,26-,38?/m0/s1.